The standard InChI is InChI=1S/C25H35F2N5O2S/c1-31-16-18(15-28-31)12-23(33)29-19-4-2-17(3-5-19)6-9-32-10-7-21-22(8-11-32)35-24(30-21)34-20-13-25(26,27)14-20/h15-17,19-20H,2-14H2,1H3,(H,29,33). The highest BCUT2D eigenvalue weighted by molar-refractivity contribution is 7.13. The molecule has 1 amide bonds. The topological polar surface area (TPSA) is 72.3 Å². The van der Waals surface area contributed by atoms with Crippen LogP contribution in [0.15, 0.2) is 12.4 Å². The maximum absolute atomic E-state index is 13.0. The van der Waals surface area contributed by atoms with Crippen molar-refractivity contribution in [1.82, 2.24) is 25.0 Å². The Kier molecular flexibility index (Phi) is 7.39. The quantitative estimate of drug-likeness (QED) is 0.589. The first-order valence-corrected chi connectivity index (χ1v) is 13.7. The molecule has 2 aromatic heterocycles. The summed E-state index contributed by atoms with van der Waals surface area (Å²) in [4.78, 5) is 20.7. The third kappa shape index (κ3) is 6.58. The third-order valence-corrected chi connectivity index (χ3v) is 8.64. The molecular weight excluding hydrogens is 472 g/mol. The van der Waals surface area contributed by atoms with Crippen LogP contribution in [0.5, 0.6) is 5.19 Å². The van der Waals surface area contributed by atoms with Crippen LogP contribution in [-0.4, -0.2) is 63.3 Å². The fourth-order valence-corrected chi connectivity index (χ4v) is 6.49. The molecule has 0 saturated heterocycles. The molecule has 0 spiro atoms. The second kappa shape index (κ2) is 10.5. The number of alkyl halides is 2. The van der Waals surface area contributed by atoms with E-state index in [1.807, 2.05) is 13.2 Å². The van der Waals surface area contributed by atoms with Crippen molar-refractivity contribution in [3.05, 3.63) is 28.5 Å². The molecule has 3 aliphatic rings. The van der Waals surface area contributed by atoms with Crippen molar-refractivity contribution >= 4 is 17.2 Å². The molecule has 10 heteroatoms. The number of amides is 1. The lowest BCUT2D eigenvalue weighted by atomic mass is 9.84. The van der Waals surface area contributed by atoms with Crippen molar-refractivity contribution in [3.8, 4) is 5.19 Å². The van der Waals surface area contributed by atoms with Gasteiger partial charge in [0.1, 0.15) is 6.10 Å². The molecule has 2 fully saturated rings. The number of halogens is 2. The zero-order valence-electron chi connectivity index (χ0n) is 20.3. The molecule has 1 N–H and O–H groups in total. The maximum atomic E-state index is 13.0. The molecule has 2 aromatic rings. The minimum atomic E-state index is -2.56. The van der Waals surface area contributed by atoms with Gasteiger partial charge in [-0.05, 0) is 56.6 Å². The molecule has 0 unspecified atom stereocenters. The Morgan fingerprint density at radius 1 is 1.23 bits per heavy atom. The van der Waals surface area contributed by atoms with Crippen LogP contribution in [0.1, 0.15) is 61.1 Å². The van der Waals surface area contributed by atoms with Crippen LogP contribution in [0.3, 0.4) is 0 Å². The van der Waals surface area contributed by atoms with Crippen LogP contribution in [0.25, 0.3) is 0 Å². The van der Waals surface area contributed by atoms with Gasteiger partial charge in [-0.15, -0.1) is 0 Å². The van der Waals surface area contributed by atoms with Crippen molar-refractivity contribution in [2.75, 3.05) is 19.6 Å². The molecule has 2 saturated carbocycles. The van der Waals surface area contributed by atoms with Crippen LogP contribution in [0, 0.1) is 5.92 Å². The van der Waals surface area contributed by atoms with E-state index in [4.69, 9.17) is 4.74 Å². The Morgan fingerprint density at radius 2 is 2.00 bits per heavy atom. The first kappa shape index (κ1) is 24.6. The van der Waals surface area contributed by atoms with Gasteiger partial charge in [-0.2, -0.15) is 5.10 Å². The van der Waals surface area contributed by atoms with Gasteiger partial charge in [-0.1, -0.05) is 11.3 Å². The van der Waals surface area contributed by atoms with E-state index in [-0.39, 0.29) is 24.9 Å². The van der Waals surface area contributed by atoms with Crippen LogP contribution in [-0.2, 0) is 31.1 Å². The average molecular weight is 508 g/mol. The van der Waals surface area contributed by atoms with Crippen molar-refractivity contribution in [2.24, 2.45) is 13.0 Å². The molecule has 0 bridgehead atoms. The summed E-state index contributed by atoms with van der Waals surface area (Å²) < 4.78 is 33.5. The minimum absolute atomic E-state index is 0.0891. The van der Waals surface area contributed by atoms with Gasteiger partial charge in [0, 0.05) is 56.5 Å². The monoisotopic (exact) mass is 507 g/mol. The predicted octanol–water partition coefficient (Wildman–Crippen LogP) is 3.76. The van der Waals surface area contributed by atoms with E-state index in [0.717, 1.165) is 62.5 Å². The number of rotatable bonds is 8. The summed E-state index contributed by atoms with van der Waals surface area (Å²) >= 11 is 1.54. The van der Waals surface area contributed by atoms with Gasteiger partial charge in [-0.25, -0.2) is 13.8 Å². The number of nitrogens with zero attached hydrogens (tertiary/aromatic N) is 4. The van der Waals surface area contributed by atoms with Crippen LogP contribution in [0.4, 0.5) is 8.78 Å². The molecule has 3 heterocycles. The van der Waals surface area contributed by atoms with Crippen molar-refractivity contribution in [2.45, 2.75) is 82.3 Å². The van der Waals surface area contributed by atoms with Gasteiger partial charge in [0.25, 0.3) is 11.1 Å². The van der Waals surface area contributed by atoms with Gasteiger partial charge in [0.05, 0.1) is 18.3 Å². The number of ether oxygens (including phenoxy) is 1. The van der Waals surface area contributed by atoms with Crippen LogP contribution >= 0.6 is 11.3 Å². The molecule has 5 rings (SSSR count). The van der Waals surface area contributed by atoms with E-state index >= 15 is 0 Å². The molecule has 0 atom stereocenters. The molecule has 192 valence electrons. The summed E-state index contributed by atoms with van der Waals surface area (Å²) in [6.07, 6.45) is 10.8. The summed E-state index contributed by atoms with van der Waals surface area (Å²) in [7, 11) is 1.86. The third-order valence-electron chi connectivity index (χ3n) is 7.59. The number of thiazole rings is 1. The average Bonchev–Trinajstić information content (AvgIpc) is 3.32. The molecule has 35 heavy (non-hydrogen) atoms. The zero-order valence-corrected chi connectivity index (χ0v) is 21.2. The van der Waals surface area contributed by atoms with E-state index in [0.29, 0.717) is 17.7 Å². The predicted molar refractivity (Wildman–Crippen MR) is 130 cm³/mol. The molecule has 0 aromatic carbocycles. The number of carbonyl (C=O) groups excluding carboxylic acids is 1. The van der Waals surface area contributed by atoms with E-state index in [1.165, 1.54) is 35.5 Å². The van der Waals surface area contributed by atoms with Crippen LogP contribution in [0.2, 0.25) is 0 Å². The Hall–Kier alpha value is -2.07. The summed E-state index contributed by atoms with van der Waals surface area (Å²) in [5.74, 6) is -1.75. The number of hydrogen-bond donors (Lipinski definition) is 1. The van der Waals surface area contributed by atoms with Crippen molar-refractivity contribution in [3.63, 3.8) is 0 Å². The molecular formula is C25H35F2N5O2S. The Labute approximate surface area is 209 Å². The lowest BCUT2D eigenvalue weighted by Crippen LogP contribution is -2.43. The van der Waals surface area contributed by atoms with Crippen molar-refractivity contribution < 1.29 is 18.3 Å². The number of aromatic nitrogens is 3. The first-order valence-electron chi connectivity index (χ1n) is 12.8. The van der Waals surface area contributed by atoms with Gasteiger partial charge in [0.2, 0.25) is 5.91 Å². The minimum Gasteiger partial charge on any atom is -0.466 e. The molecule has 0 radical (unpaired) electrons. The summed E-state index contributed by atoms with van der Waals surface area (Å²) in [6.45, 7) is 3.09. The SMILES string of the molecule is Cn1cc(CC(=O)NC2CCC(CCN3CCc4nc(OC5CC(F)(F)C5)sc4CC3)CC2)cn1. The summed E-state index contributed by atoms with van der Waals surface area (Å²) in [5.41, 5.74) is 2.04. The second-order valence-electron chi connectivity index (χ2n) is 10.5. The number of fused-ring (bicyclic) bond motifs is 1. The highest BCUT2D eigenvalue weighted by Gasteiger charge is 2.47. The van der Waals surface area contributed by atoms with Gasteiger partial charge in [0.15, 0.2) is 0 Å². The summed E-state index contributed by atoms with van der Waals surface area (Å²) in [5, 5.41) is 7.89. The van der Waals surface area contributed by atoms with E-state index in [1.54, 1.807) is 10.9 Å². The van der Waals surface area contributed by atoms with E-state index in [2.05, 4.69) is 20.3 Å². The van der Waals surface area contributed by atoms with Crippen molar-refractivity contribution in [1.29, 1.82) is 0 Å². The Morgan fingerprint density at radius 3 is 2.71 bits per heavy atom. The first-order chi connectivity index (χ1) is 16.8. The van der Waals surface area contributed by atoms with Gasteiger partial charge in [-0.3, -0.25) is 9.48 Å². The highest BCUT2D eigenvalue weighted by atomic mass is 32.1. The lowest BCUT2D eigenvalue weighted by molar-refractivity contribution is -0.134. The smallest absolute Gasteiger partial charge is 0.273 e. The highest BCUT2D eigenvalue weighted by Crippen LogP contribution is 2.41. The second-order valence-corrected chi connectivity index (χ2v) is 11.5. The van der Waals surface area contributed by atoms with Gasteiger partial charge < -0.3 is 15.0 Å². The zero-order chi connectivity index (χ0) is 24.4. The Bertz CT molecular complexity index is 984. The molecule has 2 aliphatic carbocycles. The maximum Gasteiger partial charge on any atom is 0.273 e. The number of carbonyl (C=O) groups is 1. The lowest BCUT2D eigenvalue weighted by Gasteiger charge is -2.33. The number of aryl methyl sites for hydroxylation is 1. The van der Waals surface area contributed by atoms with Gasteiger partial charge >= 0.3 is 0 Å². The molecule has 7 nitrogen and oxygen atoms in total. The summed E-state index contributed by atoms with van der Waals surface area (Å²) in [6, 6.07) is 0.290. The molecule has 1 aliphatic heterocycles. The van der Waals surface area contributed by atoms with Crippen LogP contribution < -0.4 is 10.1 Å². The number of hydrogen-bond acceptors (Lipinski definition) is 6. The Balaban J connectivity index is 0.987. The largest absolute Gasteiger partial charge is 0.466 e. The van der Waals surface area contributed by atoms with E-state index < -0.39 is 5.92 Å². The number of nitrogens with one attached hydrogen (secondary N) is 1. The fourth-order valence-electron chi connectivity index (χ4n) is 5.48. The fraction of sp³-hybridized carbons (Fsp3) is 0.720. The normalized spacial score (nSPS) is 24.9. The van der Waals surface area contributed by atoms with E-state index in [9.17, 15) is 13.6 Å².